The zero-order valence-corrected chi connectivity index (χ0v) is 10.4. The molecule has 1 unspecified atom stereocenters. The molecule has 1 aliphatic carbocycles. The van der Waals surface area contributed by atoms with Crippen LogP contribution in [0.5, 0.6) is 0 Å². The number of hydrogen-bond donors (Lipinski definition) is 3. The average molecular weight is 256 g/mol. The zero-order chi connectivity index (χ0) is 13.0. The third kappa shape index (κ3) is 3.60. The lowest BCUT2D eigenvalue weighted by atomic mass is 9.86. The van der Waals surface area contributed by atoms with Gasteiger partial charge in [0, 0.05) is 12.6 Å². The van der Waals surface area contributed by atoms with Crippen LogP contribution in [-0.4, -0.2) is 42.4 Å². The van der Waals surface area contributed by atoms with E-state index in [0.29, 0.717) is 26.1 Å². The number of hydrogen-bond acceptors (Lipinski definition) is 3. The van der Waals surface area contributed by atoms with E-state index in [1.807, 2.05) is 0 Å². The van der Waals surface area contributed by atoms with Gasteiger partial charge in [0.1, 0.15) is 0 Å². The first-order valence-corrected chi connectivity index (χ1v) is 6.52. The lowest BCUT2D eigenvalue weighted by molar-refractivity contribution is -0.142. The smallest absolute Gasteiger partial charge is 0.315 e. The predicted octanol–water partition coefficient (Wildman–Crippen LogP) is 0.718. The van der Waals surface area contributed by atoms with Gasteiger partial charge in [-0.1, -0.05) is 0 Å². The summed E-state index contributed by atoms with van der Waals surface area (Å²) in [7, 11) is 0. The van der Waals surface area contributed by atoms with Crippen molar-refractivity contribution in [3.63, 3.8) is 0 Å². The summed E-state index contributed by atoms with van der Waals surface area (Å²) in [4.78, 5) is 22.5. The molecule has 2 amide bonds. The van der Waals surface area contributed by atoms with Crippen LogP contribution >= 0.6 is 0 Å². The van der Waals surface area contributed by atoms with Crippen LogP contribution in [0.3, 0.4) is 0 Å². The Bertz CT molecular complexity index is 307. The maximum atomic E-state index is 11.7. The van der Waals surface area contributed by atoms with Gasteiger partial charge in [-0.05, 0) is 32.1 Å². The minimum absolute atomic E-state index is 0.0999. The molecule has 3 N–H and O–H groups in total. The van der Waals surface area contributed by atoms with Gasteiger partial charge in [0.2, 0.25) is 0 Å². The van der Waals surface area contributed by atoms with Crippen LogP contribution in [0.4, 0.5) is 4.79 Å². The molecule has 0 aromatic carbocycles. The van der Waals surface area contributed by atoms with Crippen LogP contribution in [0, 0.1) is 5.92 Å². The van der Waals surface area contributed by atoms with Gasteiger partial charge < -0.3 is 20.5 Å². The molecule has 6 nitrogen and oxygen atoms in total. The summed E-state index contributed by atoms with van der Waals surface area (Å²) >= 11 is 0. The Hall–Kier alpha value is -1.30. The van der Waals surface area contributed by atoms with Crippen molar-refractivity contribution in [3.05, 3.63) is 0 Å². The number of carbonyl (C=O) groups excluding carboxylic acids is 1. The standard InChI is InChI=1S/C12H20N2O4/c15-11(16)8-1-3-9(4-2-8)13-12(17)14-10-5-6-18-7-10/h8-10H,1-7H2,(H,15,16)(H2,13,14,17). The normalized spacial score (nSPS) is 31.9. The van der Waals surface area contributed by atoms with E-state index in [0.717, 1.165) is 19.3 Å². The molecule has 0 aromatic rings. The molecule has 2 aliphatic rings. The largest absolute Gasteiger partial charge is 0.481 e. The Labute approximate surface area is 106 Å². The van der Waals surface area contributed by atoms with E-state index < -0.39 is 5.97 Å². The SMILES string of the molecule is O=C(NC1CCC(C(=O)O)CC1)NC1CCOC1. The fraction of sp³-hybridized carbons (Fsp3) is 0.833. The van der Waals surface area contributed by atoms with Crippen LogP contribution in [0.1, 0.15) is 32.1 Å². The van der Waals surface area contributed by atoms with E-state index in [9.17, 15) is 9.59 Å². The van der Waals surface area contributed by atoms with Crippen molar-refractivity contribution in [2.45, 2.75) is 44.2 Å². The summed E-state index contributed by atoms with van der Waals surface area (Å²) in [5.41, 5.74) is 0. The Balaban J connectivity index is 1.67. The van der Waals surface area contributed by atoms with Crippen molar-refractivity contribution >= 4 is 12.0 Å². The summed E-state index contributed by atoms with van der Waals surface area (Å²) in [5, 5.41) is 14.7. The quantitative estimate of drug-likeness (QED) is 0.694. The van der Waals surface area contributed by atoms with Gasteiger partial charge in [0.25, 0.3) is 0 Å². The fourth-order valence-corrected chi connectivity index (χ4v) is 2.55. The average Bonchev–Trinajstić information content (AvgIpc) is 2.82. The number of carbonyl (C=O) groups is 2. The number of carboxylic acid groups (broad SMARTS) is 1. The van der Waals surface area contributed by atoms with E-state index >= 15 is 0 Å². The van der Waals surface area contributed by atoms with Crippen molar-refractivity contribution in [1.82, 2.24) is 10.6 Å². The van der Waals surface area contributed by atoms with Gasteiger partial charge in [-0.2, -0.15) is 0 Å². The lowest BCUT2D eigenvalue weighted by Gasteiger charge is -2.27. The Morgan fingerprint density at radius 3 is 2.22 bits per heavy atom. The molecule has 1 aliphatic heterocycles. The van der Waals surface area contributed by atoms with Crippen molar-refractivity contribution in [1.29, 1.82) is 0 Å². The molecule has 0 aromatic heterocycles. The van der Waals surface area contributed by atoms with Crippen LogP contribution in [0.25, 0.3) is 0 Å². The number of rotatable bonds is 3. The second-order valence-corrected chi connectivity index (χ2v) is 5.07. The van der Waals surface area contributed by atoms with Crippen LogP contribution in [-0.2, 0) is 9.53 Å². The summed E-state index contributed by atoms with van der Waals surface area (Å²) in [6, 6.07) is 0.0487. The van der Waals surface area contributed by atoms with E-state index in [4.69, 9.17) is 9.84 Å². The highest BCUT2D eigenvalue weighted by atomic mass is 16.5. The molecular formula is C12H20N2O4. The number of ether oxygens (including phenoxy) is 1. The third-order valence-corrected chi connectivity index (χ3v) is 3.68. The topological polar surface area (TPSA) is 87.7 Å². The van der Waals surface area contributed by atoms with Gasteiger partial charge in [-0.15, -0.1) is 0 Å². The van der Waals surface area contributed by atoms with Crippen molar-refractivity contribution in [2.75, 3.05) is 13.2 Å². The Kier molecular flexibility index (Phi) is 4.41. The summed E-state index contributed by atoms with van der Waals surface area (Å²) in [6.07, 6.45) is 3.63. The number of nitrogens with one attached hydrogen (secondary N) is 2. The molecule has 0 bridgehead atoms. The second kappa shape index (κ2) is 6.04. The number of urea groups is 1. The number of amides is 2. The second-order valence-electron chi connectivity index (χ2n) is 5.07. The monoisotopic (exact) mass is 256 g/mol. The molecule has 6 heteroatoms. The van der Waals surface area contributed by atoms with E-state index in [1.165, 1.54) is 0 Å². The van der Waals surface area contributed by atoms with Gasteiger partial charge in [-0.3, -0.25) is 4.79 Å². The first kappa shape index (κ1) is 13.1. The minimum Gasteiger partial charge on any atom is -0.481 e. The molecular weight excluding hydrogens is 236 g/mol. The predicted molar refractivity (Wildman–Crippen MR) is 64.3 cm³/mol. The lowest BCUT2D eigenvalue weighted by Crippen LogP contribution is -2.47. The highest BCUT2D eigenvalue weighted by Crippen LogP contribution is 2.24. The molecule has 1 atom stereocenters. The molecule has 18 heavy (non-hydrogen) atoms. The number of aliphatic carboxylic acids is 1. The molecule has 0 radical (unpaired) electrons. The zero-order valence-electron chi connectivity index (χ0n) is 10.4. The third-order valence-electron chi connectivity index (χ3n) is 3.68. The van der Waals surface area contributed by atoms with E-state index in [-0.39, 0.29) is 24.0 Å². The van der Waals surface area contributed by atoms with Gasteiger partial charge in [-0.25, -0.2) is 4.79 Å². The molecule has 0 spiro atoms. The van der Waals surface area contributed by atoms with Crippen LogP contribution < -0.4 is 10.6 Å². The van der Waals surface area contributed by atoms with Crippen molar-refractivity contribution in [3.8, 4) is 0 Å². The molecule has 1 heterocycles. The van der Waals surface area contributed by atoms with Crippen molar-refractivity contribution in [2.24, 2.45) is 5.92 Å². The first-order valence-electron chi connectivity index (χ1n) is 6.52. The van der Waals surface area contributed by atoms with Crippen LogP contribution in [0.2, 0.25) is 0 Å². The Morgan fingerprint density at radius 1 is 1.00 bits per heavy atom. The van der Waals surface area contributed by atoms with Crippen LogP contribution in [0.15, 0.2) is 0 Å². The molecule has 102 valence electrons. The summed E-state index contributed by atoms with van der Waals surface area (Å²) < 4.78 is 5.18. The fourth-order valence-electron chi connectivity index (χ4n) is 2.55. The first-order chi connectivity index (χ1) is 8.65. The minimum atomic E-state index is -0.721. The number of carboxylic acids is 1. The Morgan fingerprint density at radius 2 is 1.67 bits per heavy atom. The van der Waals surface area contributed by atoms with Gasteiger partial charge in [0.15, 0.2) is 0 Å². The molecule has 1 saturated heterocycles. The summed E-state index contributed by atoms with van der Waals surface area (Å²) in [5.74, 6) is -0.963. The maximum absolute atomic E-state index is 11.7. The molecule has 1 saturated carbocycles. The molecule has 2 fully saturated rings. The van der Waals surface area contributed by atoms with E-state index in [2.05, 4.69) is 10.6 Å². The van der Waals surface area contributed by atoms with Crippen molar-refractivity contribution < 1.29 is 19.4 Å². The van der Waals surface area contributed by atoms with Gasteiger partial charge in [0.05, 0.1) is 18.6 Å². The highest BCUT2D eigenvalue weighted by Gasteiger charge is 2.27. The van der Waals surface area contributed by atoms with Gasteiger partial charge >= 0.3 is 12.0 Å². The maximum Gasteiger partial charge on any atom is 0.315 e. The highest BCUT2D eigenvalue weighted by molar-refractivity contribution is 5.74. The molecule has 2 rings (SSSR count). The van der Waals surface area contributed by atoms with E-state index in [1.54, 1.807) is 0 Å². The summed E-state index contributed by atoms with van der Waals surface area (Å²) in [6.45, 7) is 1.29.